The van der Waals surface area contributed by atoms with Gasteiger partial charge in [0.25, 0.3) is 0 Å². The van der Waals surface area contributed by atoms with E-state index in [1.54, 1.807) is 0 Å². The SMILES string of the molecule is CCCc1cc[c-]([Si](c2cc(Cc3ccccc3)cc(Cc3ccccc3)c2)(c2cc(Cc3ccccc3)cc(Cc3ccccc3)c2)c2cc(Cc3ccccc3)cc(Cc3ccccc3)c2)c1.[Cl-].[Cl-].[Cl-].[Ti+4]. The Labute approximate surface area is 469 Å². The van der Waals surface area contributed by atoms with Crippen LogP contribution in [0.2, 0.25) is 0 Å². The Morgan fingerprint density at radius 1 is 0.288 bits per heavy atom. The molecule has 0 bridgehead atoms. The van der Waals surface area contributed by atoms with Crippen molar-refractivity contribution < 1.29 is 58.9 Å². The van der Waals surface area contributed by atoms with Crippen molar-refractivity contribution in [2.45, 2.75) is 58.3 Å². The van der Waals surface area contributed by atoms with E-state index in [1.807, 2.05) is 0 Å². The van der Waals surface area contributed by atoms with E-state index in [4.69, 9.17) is 0 Å². The van der Waals surface area contributed by atoms with Gasteiger partial charge in [-0.3, -0.25) is 0 Å². The zero-order valence-electron chi connectivity index (χ0n) is 41.5. The second-order valence-corrected chi connectivity index (χ2v) is 22.9. The Morgan fingerprint density at radius 3 is 0.740 bits per heavy atom. The van der Waals surface area contributed by atoms with E-state index in [9.17, 15) is 0 Å². The van der Waals surface area contributed by atoms with Crippen LogP contribution in [0, 0.1) is 0 Å². The van der Waals surface area contributed by atoms with Gasteiger partial charge in [0, 0.05) is 0 Å². The summed E-state index contributed by atoms with van der Waals surface area (Å²) >= 11 is 0. The van der Waals surface area contributed by atoms with Crippen molar-refractivity contribution in [2.75, 3.05) is 0 Å². The maximum absolute atomic E-state index is 3.20. The van der Waals surface area contributed by atoms with Gasteiger partial charge in [0.05, 0.1) is 0 Å². The molecule has 0 atom stereocenters. The minimum absolute atomic E-state index is 0. The Bertz CT molecular complexity index is 2720. The molecule has 0 saturated heterocycles. The molecule has 0 amide bonds. The van der Waals surface area contributed by atoms with E-state index in [0.29, 0.717) is 0 Å². The molecule has 0 saturated carbocycles. The largest absolute Gasteiger partial charge is 4.00 e. The van der Waals surface area contributed by atoms with Crippen molar-refractivity contribution >= 4 is 28.8 Å². The fourth-order valence-corrected chi connectivity index (χ4v) is 15.9. The van der Waals surface area contributed by atoms with E-state index >= 15 is 0 Å². The molecule has 0 fully saturated rings. The van der Waals surface area contributed by atoms with Crippen LogP contribution in [-0.4, -0.2) is 8.07 Å². The van der Waals surface area contributed by atoms with Gasteiger partial charge in [-0.25, -0.2) is 6.07 Å². The molecule has 0 aliphatic rings. The molecular weight excluding hydrogens is 999 g/mol. The molecule has 0 radical (unpaired) electrons. The van der Waals surface area contributed by atoms with Gasteiger partial charge in [-0.1, -0.05) is 272 Å². The number of hydrogen-bond donors (Lipinski definition) is 0. The Balaban J connectivity index is 0.00000217. The molecule has 0 aliphatic carbocycles. The summed E-state index contributed by atoms with van der Waals surface area (Å²) in [5.41, 5.74) is 17.5. The summed E-state index contributed by atoms with van der Waals surface area (Å²) < 4.78 is 0. The third-order valence-electron chi connectivity index (χ3n) is 13.8. The first-order valence-electron chi connectivity index (χ1n) is 25.0. The standard InChI is InChI=1S/C68H61Si.3ClH.Ti/c1-2-21-52-34-35-65(45-52)69(66-46-59(36-53-22-9-3-10-23-53)42-60(47-66)37-54-24-11-4-12-25-54,67-48-61(38-55-26-13-5-14-27-55)43-62(49-67)39-56-28-15-6-16-29-56)68-50-63(40-57-30-17-7-18-31-57)44-64(51-68)41-58-32-19-8-20-33-58;;;;/h3-20,22-35,42-51H,2,21,36-41H2,1H3;3*1H;/q-1;;;;+4/p-3. The molecule has 10 rings (SSSR count). The molecule has 0 N–H and O–H groups in total. The second kappa shape index (κ2) is 27.4. The topological polar surface area (TPSA) is 0 Å². The maximum atomic E-state index is 2.63. The smallest absolute Gasteiger partial charge is 1.00 e. The summed E-state index contributed by atoms with van der Waals surface area (Å²) in [4.78, 5) is 0. The van der Waals surface area contributed by atoms with Gasteiger partial charge in [0.15, 0.2) is 0 Å². The normalized spacial score (nSPS) is 10.8. The van der Waals surface area contributed by atoms with E-state index in [2.05, 4.69) is 262 Å². The number of hydrogen-bond acceptors (Lipinski definition) is 0. The summed E-state index contributed by atoms with van der Waals surface area (Å²) in [7, 11) is -3.20. The van der Waals surface area contributed by atoms with Crippen LogP contribution < -0.4 is 58.0 Å². The van der Waals surface area contributed by atoms with Crippen molar-refractivity contribution in [3.63, 3.8) is 0 Å². The Hall–Kier alpha value is -5.87. The van der Waals surface area contributed by atoms with Crippen LogP contribution in [0.5, 0.6) is 0 Å². The van der Waals surface area contributed by atoms with Crippen molar-refractivity contribution in [2.24, 2.45) is 0 Å². The van der Waals surface area contributed by atoms with E-state index < -0.39 is 8.07 Å². The predicted molar refractivity (Wildman–Crippen MR) is 295 cm³/mol. The minimum atomic E-state index is -3.20. The van der Waals surface area contributed by atoms with Gasteiger partial charge in [-0.15, -0.1) is 5.19 Å². The van der Waals surface area contributed by atoms with Crippen LogP contribution in [0.15, 0.2) is 255 Å². The zero-order valence-corrected chi connectivity index (χ0v) is 46.4. The first kappa shape index (κ1) is 56.4. The molecule has 0 heterocycles. The molecule has 0 spiro atoms. The molecule has 10 aromatic rings. The molecule has 73 heavy (non-hydrogen) atoms. The number of aryl methyl sites for hydroxylation is 1. The van der Waals surface area contributed by atoms with Gasteiger partial charge in [-0.2, -0.15) is 17.7 Å². The van der Waals surface area contributed by atoms with Crippen LogP contribution in [0.1, 0.15) is 85.7 Å². The molecular formula is C68H61Cl3SiTi. The second-order valence-electron chi connectivity index (χ2n) is 19.1. The van der Waals surface area contributed by atoms with Crippen LogP contribution in [0.25, 0.3) is 0 Å². The summed E-state index contributed by atoms with van der Waals surface area (Å²) in [6.07, 6.45) is 7.35. The molecule has 0 aliphatic heterocycles. The number of benzene rings is 9. The zero-order chi connectivity index (χ0) is 46.7. The number of halogens is 3. The summed E-state index contributed by atoms with van der Waals surface area (Å²) in [6, 6.07) is 97.2. The van der Waals surface area contributed by atoms with Gasteiger partial charge < -0.3 is 37.2 Å². The van der Waals surface area contributed by atoms with Gasteiger partial charge in [0.1, 0.15) is 8.07 Å². The molecule has 0 aromatic heterocycles. The molecule has 0 nitrogen and oxygen atoms in total. The van der Waals surface area contributed by atoms with Crippen molar-refractivity contribution in [1.82, 2.24) is 0 Å². The van der Waals surface area contributed by atoms with Gasteiger partial charge in [0.2, 0.25) is 0 Å². The monoisotopic (exact) mass is 1060 g/mol. The Kier molecular flexibility index (Phi) is 21.2. The summed E-state index contributed by atoms with van der Waals surface area (Å²) in [5.74, 6) is 0. The Morgan fingerprint density at radius 2 is 0.521 bits per heavy atom. The first-order chi connectivity index (χ1) is 34.0. The van der Waals surface area contributed by atoms with Crippen molar-refractivity contribution in [3.05, 3.63) is 327 Å². The summed E-state index contributed by atoms with van der Waals surface area (Å²) in [6.45, 7) is 2.31. The van der Waals surface area contributed by atoms with Crippen LogP contribution in [0.3, 0.4) is 0 Å². The fourth-order valence-electron chi connectivity index (χ4n) is 10.7. The van der Waals surface area contributed by atoms with E-state index in [0.717, 1.165) is 51.4 Å². The van der Waals surface area contributed by atoms with E-state index in [-0.39, 0.29) is 58.9 Å². The van der Waals surface area contributed by atoms with Crippen molar-refractivity contribution in [3.8, 4) is 0 Å². The van der Waals surface area contributed by atoms with Crippen LogP contribution in [0.4, 0.5) is 0 Å². The maximum Gasteiger partial charge on any atom is 4.00 e. The number of rotatable bonds is 18. The fraction of sp³-hybridized carbons (Fsp3) is 0.132. The van der Waals surface area contributed by atoms with Crippen LogP contribution in [-0.2, 0) is 66.7 Å². The van der Waals surface area contributed by atoms with Gasteiger partial charge >= 0.3 is 21.7 Å². The third kappa shape index (κ3) is 14.3. The average molecular weight is 1060 g/mol. The molecule has 10 aromatic carbocycles. The first-order valence-corrected chi connectivity index (χ1v) is 27.0. The minimum Gasteiger partial charge on any atom is -1.00 e. The average Bonchev–Trinajstić information content (AvgIpc) is 3.84. The predicted octanol–water partition coefficient (Wildman–Crippen LogP) is 4.29. The third-order valence-corrected chi connectivity index (χ3v) is 18.4. The summed E-state index contributed by atoms with van der Waals surface area (Å²) in [5, 5.41) is 5.79. The molecule has 0 unspecified atom stereocenters. The van der Waals surface area contributed by atoms with Gasteiger partial charge in [-0.05, 0) is 105 Å². The molecule has 362 valence electrons. The van der Waals surface area contributed by atoms with E-state index in [1.165, 1.54) is 93.1 Å². The molecule has 5 heteroatoms. The quantitative estimate of drug-likeness (QED) is 0.0685. The van der Waals surface area contributed by atoms with Crippen LogP contribution >= 0.6 is 0 Å². The van der Waals surface area contributed by atoms with Crippen molar-refractivity contribution in [1.29, 1.82) is 0 Å².